The van der Waals surface area contributed by atoms with Gasteiger partial charge in [0.25, 0.3) is 0 Å². The molecule has 0 spiro atoms. The van der Waals surface area contributed by atoms with Gasteiger partial charge in [0, 0.05) is 3.57 Å². The van der Waals surface area contributed by atoms with Gasteiger partial charge in [0.1, 0.15) is 12.4 Å². The van der Waals surface area contributed by atoms with Gasteiger partial charge in [-0.1, -0.05) is 18.5 Å². The van der Waals surface area contributed by atoms with E-state index >= 15 is 0 Å². The van der Waals surface area contributed by atoms with E-state index in [0.29, 0.717) is 6.61 Å². The summed E-state index contributed by atoms with van der Waals surface area (Å²) in [6.07, 6.45) is 0. The minimum absolute atomic E-state index is 0.385. The molecule has 0 saturated carbocycles. The van der Waals surface area contributed by atoms with Crippen LogP contribution in [0.5, 0.6) is 5.75 Å². The molecule has 0 fully saturated rings. The van der Waals surface area contributed by atoms with Gasteiger partial charge < -0.3 is 4.74 Å². The number of rotatable bonds is 2. The lowest BCUT2D eigenvalue weighted by Gasteiger charge is -2.07. The van der Waals surface area contributed by atoms with Gasteiger partial charge >= 0.3 is 0 Å². The second-order valence-corrected chi connectivity index (χ2v) is 6.07. The average molecular weight is 542 g/mol. The highest BCUT2D eigenvalue weighted by Gasteiger charge is 2.06. The second kappa shape index (κ2) is 6.65. The van der Waals surface area contributed by atoms with E-state index in [0.717, 1.165) is 12.9 Å². The van der Waals surface area contributed by atoms with Gasteiger partial charge in [0.15, 0.2) is 0 Å². The molecule has 1 aromatic rings. The van der Waals surface area contributed by atoms with Gasteiger partial charge in [0.2, 0.25) is 0 Å². The van der Waals surface area contributed by atoms with Crippen molar-refractivity contribution in [2.75, 3.05) is 6.61 Å². The van der Waals surface area contributed by atoms with Crippen molar-refractivity contribution in [3.8, 4) is 16.9 Å². The van der Waals surface area contributed by atoms with E-state index in [2.05, 4.69) is 104 Å². The van der Waals surface area contributed by atoms with E-state index in [1.54, 1.807) is 0 Å². The first-order valence-corrected chi connectivity index (χ1v) is 7.23. The third kappa shape index (κ3) is 3.94. The molecule has 0 radical (unpaired) electrons. The lowest BCUT2D eigenvalue weighted by Crippen LogP contribution is -1.98. The third-order valence-electron chi connectivity index (χ3n) is 1.33. The predicted octanol–water partition coefficient (Wildman–Crippen LogP) is 3.77. The summed E-state index contributed by atoms with van der Waals surface area (Å²) in [6, 6.07) is 4.15. The number of ether oxygens (including phenoxy) is 1. The fourth-order valence-electron chi connectivity index (χ4n) is 0.807. The average Bonchev–Trinajstić information content (AvgIpc) is 2.09. The molecular weight excluding hydrogens is 537 g/mol. The molecule has 0 heterocycles. The summed E-state index contributed by atoms with van der Waals surface area (Å²) >= 11 is 10.6. The van der Waals surface area contributed by atoms with E-state index in [9.17, 15) is 0 Å². The molecule has 5 heteroatoms. The van der Waals surface area contributed by atoms with Crippen LogP contribution in [0.3, 0.4) is 0 Å². The summed E-state index contributed by atoms with van der Waals surface area (Å²) in [5.74, 6) is 3.65. The lowest BCUT2D eigenvalue weighted by molar-refractivity contribution is 0.365. The Bertz CT molecular complexity index is 372. The van der Waals surface area contributed by atoms with Crippen LogP contribution in [0.4, 0.5) is 0 Å². The van der Waals surface area contributed by atoms with Crippen LogP contribution in [-0.2, 0) is 0 Å². The fraction of sp³-hybridized carbons (Fsp3) is 0.111. The minimum atomic E-state index is 0.385. The zero-order valence-corrected chi connectivity index (χ0v) is 14.2. The summed E-state index contributed by atoms with van der Waals surface area (Å²) in [5, 5.41) is 2.50. The molecule has 74 valence electrons. The van der Waals surface area contributed by atoms with Crippen molar-refractivity contribution in [2.24, 2.45) is 0 Å². The van der Waals surface area contributed by atoms with Crippen molar-refractivity contribution in [3.05, 3.63) is 22.8 Å². The highest BCUT2D eigenvalue weighted by molar-refractivity contribution is 14.1. The van der Waals surface area contributed by atoms with Crippen LogP contribution in [0.1, 0.15) is 0 Å². The molecule has 0 bridgehead atoms. The third-order valence-corrected chi connectivity index (χ3v) is 3.71. The van der Waals surface area contributed by atoms with E-state index in [1.807, 2.05) is 0 Å². The van der Waals surface area contributed by atoms with Crippen LogP contribution in [0, 0.1) is 21.9 Å². The molecule has 14 heavy (non-hydrogen) atoms. The zero-order valence-electron chi connectivity index (χ0n) is 6.85. The van der Waals surface area contributed by atoms with Gasteiger partial charge in [-0.15, -0.1) is 0 Å². The molecule has 0 aliphatic carbocycles. The van der Waals surface area contributed by atoms with Crippen LogP contribution in [0.2, 0.25) is 0 Å². The van der Waals surface area contributed by atoms with Crippen molar-refractivity contribution < 1.29 is 4.74 Å². The zero-order chi connectivity index (χ0) is 10.6. The van der Waals surface area contributed by atoms with Crippen molar-refractivity contribution in [2.45, 2.75) is 0 Å². The summed E-state index contributed by atoms with van der Waals surface area (Å²) in [7, 11) is 0. The molecule has 0 unspecified atom stereocenters. The SMILES string of the molecule is SC#CCOc1c(I)cc(I)cc1I. The maximum Gasteiger partial charge on any atom is 0.150 e. The van der Waals surface area contributed by atoms with Gasteiger partial charge in [-0.25, -0.2) is 0 Å². The van der Waals surface area contributed by atoms with E-state index in [1.165, 1.54) is 3.57 Å². The van der Waals surface area contributed by atoms with Crippen molar-refractivity contribution in [1.29, 1.82) is 0 Å². The highest BCUT2D eigenvalue weighted by Crippen LogP contribution is 2.29. The largest absolute Gasteiger partial charge is 0.479 e. The highest BCUT2D eigenvalue weighted by atomic mass is 127. The van der Waals surface area contributed by atoms with E-state index in [-0.39, 0.29) is 0 Å². The Labute approximate surface area is 130 Å². The quantitative estimate of drug-likeness (QED) is 0.341. The first-order chi connectivity index (χ1) is 6.65. The Balaban J connectivity index is 2.89. The lowest BCUT2D eigenvalue weighted by atomic mass is 10.3. The number of benzene rings is 1. The Morgan fingerprint density at radius 2 is 1.79 bits per heavy atom. The Morgan fingerprint density at radius 1 is 1.21 bits per heavy atom. The van der Waals surface area contributed by atoms with Crippen LogP contribution in [0.15, 0.2) is 12.1 Å². The molecular formula is C9H5I3OS. The maximum atomic E-state index is 5.52. The molecule has 1 rings (SSSR count). The molecule has 0 atom stereocenters. The smallest absolute Gasteiger partial charge is 0.150 e. The summed E-state index contributed by atoms with van der Waals surface area (Å²) < 4.78 is 8.96. The Hall–Kier alpha value is 1.12. The molecule has 0 aliphatic rings. The fourth-order valence-corrected chi connectivity index (χ4v) is 4.77. The van der Waals surface area contributed by atoms with Gasteiger partial charge in [-0.2, -0.15) is 0 Å². The molecule has 0 aliphatic heterocycles. The number of hydrogen-bond acceptors (Lipinski definition) is 2. The molecule has 1 aromatic carbocycles. The molecule has 1 nitrogen and oxygen atoms in total. The molecule has 0 aromatic heterocycles. The van der Waals surface area contributed by atoms with Crippen molar-refractivity contribution in [1.82, 2.24) is 0 Å². The Morgan fingerprint density at radius 3 is 2.29 bits per heavy atom. The minimum Gasteiger partial charge on any atom is -0.479 e. The van der Waals surface area contributed by atoms with Crippen LogP contribution < -0.4 is 4.74 Å². The van der Waals surface area contributed by atoms with Crippen LogP contribution >= 0.6 is 80.4 Å². The number of hydrogen-bond donors (Lipinski definition) is 1. The summed E-state index contributed by atoms with van der Waals surface area (Å²) in [4.78, 5) is 0. The summed E-state index contributed by atoms with van der Waals surface area (Å²) in [5.41, 5.74) is 0. The van der Waals surface area contributed by atoms with Gasteiger partial charge in [0.05, 0.1) is 7.14 Å². The summed E-state index contributed by atoms with van der Waals surface area (Å²) in [6.45, 7) is 0.385. The van der Waals surface area contributed by atoms with E-state index < -0.39 is 0 Å². The number of thiol groups is 1. The molecule has 0 N–H and O–H groups in total. The topological polar surface area (TPSA) is 9.23 Å². The second-order valence-electron chi connectivity index (χ2n) is 2.28. The standard InChI is InChI=1S/C9H5I3OS/c10-6-4-7(11)9(8(12)5-6)13-2-1-3-14/h4-5,14H,2H2. The van der Waals surface area contributed by atoms with Crippen LogP contribution in [0.25, 0.3) is 0 Å². The first kappa shape index (κ1) is 13.2. The normalized spacial score (nSPS) is 9.14. The molecule has 0 saturated heterocycles. The Kier molecular flexibility index (Phi) is 6.26. The van der Waals surface area contributed by atoms with Crippen LogP contribution in [-0.4, -0.2) is 6.61 Å². The van der Waals surface area contributed by atoms with Crippen molar-refractivity contribution >= 4 is 80.4 Å². The molecule has 0 amide bonds. The van der Waals surface area contributed by atoms with Gasteiger partial charge in [-0.05, 0) is 85.2 Å². The van der Waals surface area contributed by atoms with E-state index in [4.69, 9.17) is 4.74 Å². The number of halogens is 3. The monoisotopic (exact) mass is 542 g/mol. The maximum absolute atomic E-state index is 5.52. The van der Waals surface area contributed by atoms with Crippen molar-refractivity contribution in [3.63, 3.8) is 0 Å². The predicted molar refractivity (Wildman–Crippen MR) is 86.8 cm³/mol. The van der Waals surface area contributed by atoms with Gasteiger partial charge in [-0.3, -0.25) is 0 Å². The first-order valence-electron chi connectivity index (χ1n) is 3.54.